The highest BCUT2D eigenvalue weighted by Crippen LogP contribution is 2.26. The molecule has 0 aliphatic rings. The van der Waals surface area contributed by atoms with E-state index in [4.69, 9.17) is 4.74 Å². The maximum atomic E-state index is 13.0. The Labute approximate surface area is 179 Å². The van der Waals surface area contributed by atoms with E-state index in [9.17, 15) is 13.2 Å². The van der Waals surface area contributed by atoms with Crippen LogP contribution in [-0.2, 0) is 10.0 Å². The maximum absolute atomic E-state index is 13.0. The summed E-state index contributed by atoms with van der Waals surface area (Å²) in [6, 6.07) is 11.6. The van der Waals surface area contributed by atoms with Crippen molar-refractivity contribution < 1.29 is 17.9 Å². The van der Waals surface area contributed by atoms with Crippen LogP contribution in [0.4, 0.5) is 0 Å². The first-order valence-corrected chi connectivity index (χ1v) is 12.1. The Morgan fingerprint density at radius 3 is 2.70 bits per heavy atom. The molecule has 10 heteroatoms. The summed E-state index contributed by atoms with van der Waals surface area (Å²) in [5.74, 6) is 1.26. The van der Waals surface area contributed by atoms with Crippen molar-refractivity contribution >= 4 is 38.7 Å². The Kier molecular flexibility index (Phi) is 7.01. The molecule has 2 aromatic carbocycles. The van der Waals surface area contributed by atoms with E-state index in [-0.39, 0.29) is 22.3 Å². The fourth-order valence-corrected chi connectivity index (χ4v) is 4.42. The maximum Gasteiger partial charge on any atom is 0.251 e. The number of hydrogen-bond acceptors (Lipinski definition) is 6. The molecule has 0 radical (unpaired) electrons. The summed E-state index contributed by atoms with van der Waals surface area (Å²) >= 11 is 1.67. The van der Waals surface area contributed by atoms with Crippen molar-refractivity contribution in [2.24, 2.45) is 0 Å². The first-order valence-electron chi connectivity index (χ1n) is 9.25. The Bertz CT molecular complexity index is 1110. The third-order valence-electron chi connectivity index (χ3n) is 4.64. The number of para-hydroxylation sites is 2. The van der Waals surface area contributed by atoms with Gasteiger partial charge in [-0.2, -0.15) is 11.8 Å². The van der Waals surface area contributed by atoms with Gasteiger partial charge in [-0.15, -0.1) is 0 Å². The quantitative estimate of drug-likeness (QED) is 0.464. The van der Waals surface area contributed by atoms with Crippen LogP contribution in [0.5, 0.6) is 5.75 Å². The van der Waals surface area contributed by atoms with Gasteiger partial charge in [-0.3, -0.25) is 4.79 Å². The largest absolute Gasteiger partial charge is 0.495 e. The average Bonchev–Trinajstić information content (AvgIpc) is 3.20. The molecule has 0 saturated carbocycles. The number of carbonyl (C=O) groups is 1. The zero-order chi connectivity index (χ0) is 21.7. The number of sulfonamides is 1. The molecule has 1 unspecified atom stereocenters. The topological polar surface area (TPSA) is 113 Å². The van der Waals surface area contributed by atoms with Gasteiger partial charge in [-0.25, -0.2) is 18.1 Å². The molecular formula is C20H24N4O4S2. The summed E-state index contributed by atoms with van der Waals surface area (Å²) in [4.78, 5) is 20.7. The number of rotatable bonds is 9. The molecule has 1 amide bonds. The molecule has 0 aliphatic carbocycles. The number of nitrogens with zero attached hydrogens (tertiary/aromatic N) is 1. The molecule has 8 nitrogen and oxygen atoms in total. The summed E-state index contributed by atoms with van der Waals surface area (Å²) in [6.07, 6.45) is 2.67. The third kappa shape index (κ3) is 4.77. The lowest BCUT2D eigenvalue weighted by atomic mass is 10.1. The summed E-state index contributed by atoms with van der Waals surface area (Å²) in [6.45, 7) is 0. The Morgan fingerprint density at radius 2 is 2.03 bits per heavy atom. The van der Waals surface area contributed by atoms with Crippen molar-refractivity contribution in [2.75, 3.05) is 26.2 Å². The van der Waals surface area contributed by atoms with E-state index in [1.807, 2.05) is 30.5 Å². The van der Waals surface area contributed by atoms with Gasteiger partial charge in [0, 0.05) is 5.56 Å². The molecule has 0 aliphatic heterocycles. The van der Waals surface area contributed by atoms with E-state index in [2.05, 4.69) is 20.0 Å². The minimum Gasteiger partial charge on any atom is -0.495 e. The number of nitrogens with one attached hydrogen (secondary N) is 3. The Morgan fingerprint density at radius 1 is 1.27 bits per heavy atom. The van der Waals surface area contributed by atoms with Gasteiger partial charge in [0.1, 0.15) is 16.5 Å². The number of H-pyrrole nitrogens is 1. The molecule has 1 heterocycles. The predicted molar refractivity (Wildman–Crippen MR) is 119 cm³/mol. The number of aromatic nitrogens is 2. The number of ether oxygens (including phenoxy) is 1. The molecular weight excluding hydrogens is 424 g/mol. The number of hydrogen-bond donors (Lipinski definition) is 3. The lowest BCUT2D eigenvalue weighted by Crippen LogP contribution is -2.30. The van der Waals surface area contributed by atoms with Crippen LogP contribution >= 0.6 is 11.8 Å². The normalized spacial score (nSPS) is 12.6. The average molecular weight is 449 g/mol. The number of carbonyl (C=O) groups excluding carboxylic acids is 1. The second-order valence-electron chi connectivity index (χ2n) is 6.52. The smallest absolute Gasteiger partial charge is 0.251 e. The van der Waals surface area contributed by atoms with Crippen LogP contribution in [0.2, 0.25) is 0 Å². The second kappa shape index (κ2) is 9.50. The summed E-state index contributed by atoms with van der Waals surface area (Å²) in [5, 5.41) is 2.98. The van der Waals surface area contributed by atoms with Crippen molar-refractivity contribution in [3.05, 3.63) is 53.9 Å². The van der Waals surface area contributed by atoms with Gasteiger partial charge in [0.2, 0.25) is 10.0 Å². The minimum absolute atomic E-state index is 0.0930. The molecule has 0 bridgehead atoms. The zero-order valence-electron chi connectivity index (χ0n) is 16.9. The number of fused-ring (bicyclic) bond motifs is 1. The monoisotopic (exact) mass is 448 g/mol. The highest BCUT2D eigenvalue weighted by Gasteiger charge is 2.23. The standard InChI is InChI=1S/C20H24N4O4S2/c1-21-30(26,27)18-12-13(8-9-17(18)28-2)20(25)24-16(10-11-29-3)19-22-14-6-4-5-7-15(14)23-19/h4-9,12,16,21H,10-11H2,1-3H3,(H,22,23)(H,24,25). The van der Waals surface area contributed by atoms with Crippen LogP contribution < -0.4 is 14.8 Å². The van der Waals surface area contributed by atoms with Crippen molar-refractivity contribution in [1.29, 1.82) is 0 Å². The van der Waals surface area contributed by atoms with Crippen molar-refractivity contribution in [3.63, 3.8) is 0 Å². The van der Waals surface area contributed by atoms with Crippen LogP contribution in [0.25, 0.3) is 11.0 Å². The van der Waals surface area contributed by atoms with Crippen LogP contribution in [-0.4, -0.2) is 50.5 Å². The van der Waals surface area contributed by atoms with Crippen LogP contribution in [0.3, 0.4) is 0 Å². The molecule has 3 aromatic rings. The number of imidazole rings is 1. The van der Waals surface area contributed by atoms with Gasteiger partial charge in [-0.1, -0.05) is 12.1 Å². The molecule has 3 N–H and O–H groups in total. The summed E-state index contributed by atoms with van der Waals surface area (Å²) in [5.41, 5.74) is 1.93. The molecule has 1 aromatic heterocycles. The van der Waals surface area contributed by atoms with Gasteiger partial charge in [-0.05, 0) is 55.8 Å². The number of aromatic amines is 1. The van der Waals surface area contributed by atoms with E-state index < -0.39 is 15.9 Å². The van der Waals surface area contributed by atoms with E-state index in [1.165, 1.54) is 32.4 Å². The van der Waals surface area contributed by atoms with Crippen LogP contribution in [0.1, 0.15) is 28.6 Å². The minimum atomic E-state index is -3.79. The van der Waals surface area contributed by atoms with Crippen molar-refractivity contribution in [2.45, 2.75) is 17.4 Å². The Balaban J connectivity index is 1.91. The van der Waals surface area contributed by atoms with Gasteiger partial charge in [0.15, 0.2) is 0 Å². The summed E-state index contributed by atoms with van der Waals surface area (Å²) < 4.78 is 32.0. The molecule has 0 spiro atoms. The third-order valence-corrected chi connectivity index (χ3v) is 6.72. The second-order valence-corrected chi connectivity index (χ2v) is 9.36. The highest BCUT2D eigenvalue weighted by molar-refractivity contribution is 7.98. The fourth-order valence-electron chi connectivity index (χ4n) is 3.03. The fraction of sp³-hybridized carbons (Fsp3) is 0.300. The Hall–Kier alpha value is -2.56. The van der Waals surface area contributed by atoms with E-state index in [0.29, 0.717) is 12.2 Å². The lowest BCUT2D eigenvalue weighted by Gasteiger charge is -2.17. The van der Waals surface area contributed by atoms with E-state index in [0.717, 1.165) is 16.8 Å². The lowest BCUT2D eigenvalue weighted by molar-refractivity contribution is 0.0934. The van der Waals surface area contributed by atoms with Crippen LogP contribution in [0.15, 0.2) is 47.4 Å². The van der Waals surface area contributed by atoms with E-state index in [1.54, 1.807) is 11.8 Å². The molecule has 1 atom stereocenters. The molecule has 0 fully saturated rings. The zero-order valence-corrected chi connectivity index (χ0v) is 18.6. The SMILES string of the molecule is CNS(=O)(=O)c1cc(C(=O)NC(CCSC)c2nc3ccccc3[nH]2)ccc1OC. The number of methoxy groups -OCH3 is 1. The highest BCUT2D eigenvalue weighted by atomic mass is 32.2. The molecule has 30 heavy (non-hydrogen) atoms. The molecule has 160 valence electrons. The summed E-state index contributed by atoms with van der Waals surface area (Å²) in [7, 11) is -1.10. The van der Waals surface area contributed by atoms with Gasteiger partial charge < -0.3 is 15.0 Å². The molecule has 3 rings (SSSR count). The van der Waals surface area contributed by atoms with E-state index >= 15 is 0 Å². The van der Waals surface area contributed by atoms with Gasteiger partial charge >= 0.3 is 0 Å². The van der Waals surface area contributed by atoms with Crippen molar-refractivity contribution in [1.82, 2.24) is 20.0 Å². The van der Waals surface area contributed by atoms with Gasteiger partial charge in [0.05, 0.1) is 24.2 Å². The number of thioether (sulfide) groups is 1. The number of benzene rings is 2. The first-order chi connectivity index (χ1) is 14.4. The predicted octanol–water partition coefficient (Wildman–Crippen LogP) is 2.70. The van der Waals surface area contributed by atoms with Crippen molar-refractivity contribution in [3.8, 4) is 5.75 Å². The number of amides is 1. The molecule has 0 saturated heterocycles. The van der Waals surface area contributed by atoms with Gasteiger partial charge in [0.25, 0.3) is 5.91 Å². The first kappa shape index (κ1) is 22.1. The van der Waals surface area contributed by atoms with Crippen LogP contribution in [0, 0.1) is 0 Å².